The van der Waals surface area contributed by atoms with Gasteiger partial charge in [0.05, 0.1) is 36.3 Å². The van der Waals surface area contributed by atoms with Gasteiger partial charge in [0.25, 0.3) is 5.91 Å². The van der Waals surface area contributed by atoms with E-state index in [1.165, 1.54) is 18.2 Å². The number of nitrogens with zero attached hydrogens (tertiary/aromatic N) is 2. The highest BCUT2D eigenvalue weighted by Gasteiger charge is 2.52. The lowest BCUT2D eigenvalue weighted by Gasteiger charge is -2.39. The zero-order valence-corrected chi connectivity index (χ0v) is 20.5. The van der Waals surface area contributed by atoms with Gasteiger partial charge < -0.3 is 19.9 Å². The molecular weight excluding hydrogens is 564 g/mol. The van der Waals surface area contributed by atoms with Crippen LogP contribution in [0.1, 0.15) is 29.6 Å². The number of alkyl halides is 6. The molecule has 0 radical (unpaired) electrons. The topological polar surface area (TPSA) is 79.0 Å². The Hall–Kier alpha value is -2.35. The van der Waals surface area contributed by atoms with Crippen LogP contribution in [0.4, 0.5) is 32.0 Å². The van der Waals surface area contributed by atoms with Crippen molar-refractivity contribution in [3.05, 3.63) is 28.2 Å². The number of amides is 3. The maximum Gasteiger partial charge on any atom is 0.393 e. The van der Waals surface area contributed by atoms with E-state index in [1.807, 2.05) is 0 Å². The van der Waals surface area contributed by atoms with Crippen LogP contribution in [0, 0.1) is 11.8 Å². The number of halogens is 7. The van der Waals surface area contributed by atoms with Crippen molar-refractivity contribution in [3.63, 3.8) is 0 Å². The molecule has 36 heavy (non-hydrogen) atoms. The molecule has 2 fully saturated rings. The van der Waals surface area contributed by atoms with Gasteiger partial charge in [0.1, 0.15) is 0 Å². The van der Waals surface area contributed by atoms with Gasteiger partial charge in [-0.25, -0.2) is 0 Å². The molecule has 0 spiro atoms. The average molecular weight is 588 g/mol. The molecule has 1 aromatic rings. The minimum absolute atomic E-state index is 0.0790. The quantitative estimate of drug-likeness (QED) is 0.523. The monoisotopic (exact) mass is 587 g/mol. The largest absolute Gasteiger partial charge is 0.393 e. The molecule has 2 heterocycles. The van der Waals surface area contributed by atoms with Gasteiger partial charge in [-0.1, -0.05) is 15.9 Å². The molecule has 0 unspecified atom stereocenters. The number of benzene rings is 1. The van der Waals surface area contributed by atoms with Crippen LogP contribution in [-0.2, 0) is 14.3 Å². The van der Waals surface area contributed by atoms with Crippen LogP contribution in [0.25, 0.3) is 0 Å². The number of ether oxygens (including phenoxy) is 1. The van der Waals surface area contributed by atoms with E-state index in [0.717, 1.165) is 0 Å². The molecule has 0 aliphatic carbocycles. The van der Waals surface area contributed by atoms with E-state index >= 15 is 0 Å². The smallest absolute Gasteiger partial charge is 0.378 e. The first-order valence-corrected chi connectivity index (χ1v) is 11.9. The molecule has 0 bridgehead atoms. The summed E-state index contributed by atoms with van der Waals surface area (Å²) < 4.78 is 85.5. The van der Waals surface area contributed by atoms with Crippen LogP contribution in [0.3, 0.4) is 0 Å². The van der Waals surface area contributed by atoms with E-state index in [4.69, 9.17) is 4.74 Å². The first kappa shape index (κ1) is 28.2. The molecule has 2 aliphatic rings. The lowest BCUT2D eigenvalue weighted by molar-refractivity contribution is -0.226. The van der Waals surface area contributed by atoms with Gasteiger partial charge in [-0.2, -0.15) is 26.3 Å². The highest BCUT2D eigenvalue weighted by Crippen LogP contribution is 2.42. The number of carbonyl (C=O) groups excluding carboxylic acids is 3. The number of anilines is 1. The fraction of sp³-hybridized carbons (Fsp3) is 0.591. The van der Waals surface area contributed by atoms with Crippen molar-refractivity contribution in [1.82, 2.24) is 9.80 Å². The van der Waals surface area contributed by atoms with Crippen LogP contribution in [0.2, 0.25) is 0 Å². The number of nitrogens with one attached hydrogen (secondary N) is 1. The van der Waals surface area contributed by atoms with Crippen LogP contribution >= 0.6 is 15.9 Å². The van der Waals surface area contributed by atoms with Crippen LogP contribution in [-0.4, -0.2) is 79.3 Å². The highest BCUT2D eigenvalue weighted by atomic mass is 79.9. The maximum atomic E-state index is 13.3. The van der Waals surface area contributed by atoms with Crippen LogP contribution < -0.4 is 5.32 Å². The van der Waals surface area contributed by atoms with Crippen molar-refractivity contribution in [2.75, 3.05) is 44.7 Å². The normalized spacial score (nSPS) is 21.3. The van der Waals surface area contributed by atoms with E-state index < -0.39 is 55.5 Å². The number of carbonyl (C=O) groups is 3. The van der Waals surface area contributed by atoms with Crippen molar-refractivity contribution >= 4 is 39.3 Å². The third-order valence-electron chi connectivity index (χ3n) is 6.08. The van der Waals surface area contributed by atoms with E-state index in [-0.39, 0.29) is 30.0 Å². The van der Waals surface area contributed by atoms with Crippen molar-refractivity contribution in [2.24, 2.45) is 11.8 Å². The minimum Gasteiger partial charge on any atom is -0.378 e. The average Bonchev–Trinajstić information content (AvgIpc) is 2.82. The molecule has 200 valence electrons. The number of hydrogen-bond acceptors (Lipinski definition) is 4. The molecule has 3 amide bonds. The lowest BCUT2D eigenvalue weighted by atomic mass is 9.87. The third kappa shape index (κ3) is 7.34. The second-order valence-electron chi connectivity index (χ2n) is 8.65. The Morgan fingerprint density at radius 1 is 0.944 bits per heavy atom. The van der Waals surface area contributed by atoms with Crippen molar-refractivity contribution in [3.8, 4) is 0 Å². The van der Waals surface area contributed by atoms with Gasteiger partial charge >= 0.3 is 12.4 Å². The predicted octanol–water partition coefficient (Wildman–Crippen LogP) is 4.23. The van der Waals surface area contributed by atoms with Gasteiger partial charge in [0.2, 0.25) is 11.8 Å². The van der Waals surface area contributed by atoms with Crippen LogP contribution in [0.15, 0.2) is 22.7 Å². The van der Waals surface area contributed by atoms with Crippen molar-refractivity contribution in [2.45, 2.75) is 31.6 Å². The molecule has 2 saturated heterocycles. The van der Waals surface area contributed by atoms with Gasteiger partial charge in [0.15, 0.2) is 0 Å². The first-order valence-electron chi connectivity index (χ1n) is 11.1. The number of rotatable bonds is 5. The Labute approximate surface area is 211 Å². The summed E-state index contributed by atoms with van der Waals surface area (Å²) in [5.74, 6) is -6.63. The Morgan fingerprint density at radius 2 is 1.53 bits per heavy atom. The minimum atomic E-state index is -4.91. The molecule has 2 atom stereocenters. The Morgan fingerprint density at radius 3 is 2.08 bits per heavy atom. The summed E-state index contributed by atoms with van der Waals surface area (Å²) in [6, 6.07) is 3.99. The van der Waals surface area contributed by atoms with Gasteiger partial charge in [-0.15, -0.1) is 0 Å². The standard InChI is InChI=1S/C22H24BrF6N3O4/c23-15-1-2-17(30-18(33)3-4-19(34)31-5-7-36-8-6-31)16(10-15)20(35)32-11-13(21(24,25)26)9-14(12-32)22(27,28)29/h1-2,10,13-14H,3-9,11-12H2,(H,30,33)/t13-,14+. The van der Waals surface area contributed by atoms with E-state index in [1.54, 1.807) is 4.90 Å². The third-order valence-corrected chi connectivity index (χ3v) is 6.57. The second-order valence-corrected chi connectivity index (χ2v) is 9.57. The SMILES string of the molecule is O=C(CCC(=O)N1CCOCC1)Nc1ccc(Br)cc1C(=O)N1C[C@H](C(F)(F)F)C[C@H](C(F)(F)F)C1. The van der Waals surface area contributed by atoms with E-state index in [2.05, 4.69) is 21.2 Å². The summed E-state index contributed by atoms with van der Waals surface area (Å²) in [5.41, 5.74) is -0.342. The summed E-state index contributed by atoms with van der Waals surface area (Å²) in [6.07, 6.45) is -11.3. The van der Waals surface area contributed by atoms with Crippen molar-refractivity contribution < 1.29 is 45.5 Å². The molecule has 3 rings (SSSR count). The fourth-order valence-corrected chi connectivity index (χ4v) is 4.48. The molecule has 1 N–H and O–H groups in total. The molecule has 1 aromatic carbocycles. The zero-order chi connectivity index (χ0) is 26.7. The molecule has 2 aliphatic heterocycles. The summed E-state index contributed by atoms with van der Waals surface area (Å²) in [7, 11) is 0. The number of piperidine rings is 1. The summed E-state index contributed by atoms with van der Waals surface area (Å²) >= 11 is 3.13. The Balaban J connectivity index is 1.74. The summed E-state index contributed by atoms with van der Waals surface area (Å²) in [5, 5.41) is 2.45. The first-order chi connectivity index (χ1) is 16.8. The van der Waals surface area contributed by atoms with Crippen molar-refractivity contribution in [1.29, 1.82) is 0 Å². The molecule has 0 saturated carbocycles. The van der Waals surface area contributed by atoms with Gasteiger partial charge in [0, 0.05) is 43.5 Å². The summed E-state index contributed by atoms with van der Waals surface area (Å²) in [6.45, 7) is -0.267. The fourth-order valence-electron chi connectivity index (χ4n) is 4.12. The van der Waals surface area contributed by atoms with E-state index in [9.17, 15) is 40.7 Å². The number of hydrogen-bond donors (Lipinski definition) is 1. The van der Waals surface area contributed by atoms with Gasteiger partial charge in [-0.3, -0.25) is 14.4 Å². The highest BCUT2D eigenvalue weighted by molar-refractivity contribution is 9.10. The van der Waals surface area contributed by atoms with Crippen LogP contribution in [0.5, 0.6) is 0 Å². The lowest BCUT2D eigenvalue weighted by Crippen LogP contribution is -2.51. The Bertz CT molecular complexity index is 960. The molecule has 0 aromatic heterocycles. The maximum absolute atomic E-state index is 13.3. The predicted molar refractivity (Wildman–Crippen MR) is 119 cm³/mol. The van der Waals surface area contributed by atoms with Gasteiger partial charge in [-0.05, 0) is 24.6 Å². The Kier molecular flexibility index (Phi) is 8.91. The molecule has 7 nitrogen and oxygen atoms in total. The second kappa shape index (κ2) is 11.4. The molecule has 14 heteroatoms. The number of likely N-dealkylation sites (tertiary alicyclic amines) is 1. The van der Waals surface area contributed by atoms with E-state index in [0.29, 0.717) is 35.7 Å². The molecular formula is C22H24BrF6N3O4. The zero-order valence-electron chi connectivity index (χ0n) is 18.9. The number of morpholine rings is 1. The summed E-state index contributed by atoms with van der Waals surface area (Å²) in [4.78, 5) is 39.9.